The first-order valence-electron chi connectivity index (χ1n) is 10.9. The van der Waals surface area contributed by atoms with E-state index in [1.807, 2.05) is 41.3 Å². The number of rotatable bonds is 6. The van der Waals surface area contributed by atoms with Gasteiger partial charge >= 0.3 is 0 Å². The highest BCUT2D eigenvalue weighted by molar-refractivity contribution is 5.80. The lowest BCUT2D eigenvalue weighted by molar-refractivity contribution is -0.130. The van der Waals surface area contributed by atoms with Crippen LogP contribution in [0.2, 0.25) is 0 Å². The predicted octanol–water partition coefficient (Wildman–Crippen LogP) is 3.97. The molecule has 8 nitrogen and oxygen atoms in total. The van der Waals surface area contributed by atoms with Gasteiger partial charge in [-0.1, -0.05) is 40.2 Å². The number of aryl methyl sites for hydroxylation is 2. The van der Waals surface area contributed by atoms with Gasteiger partial charge < -0.3 is 9.42 Å². The number of benzene rings is 2. The fraction of sp³-hybridized carbons (Fsp3) is 0.292. The quantitative estimate of drug-likeness (QED) is 0.462. The Hall–Kier alpha value is -3.81. The van der Waals surface area contributed by atoms with E-state index in [2.05, 4.69) is 39.5 Å². The number of carbonyl (C=O) groups is 1. The minimum atomic E-state index is 0.181. The molecule has 0 spiro atoms. The summed E-state index contributed by atoms with van der Waals surface area (Å²) in [6.45, 7) is 4.31. The molecule has 2 aromatic heterocycles. The van der Waals surface area contributed by atoms with Gasteiger partial charge in [0.25, 0.3) is 5.89 Å². The third-order valence-electron chi connectivity index (χ3n) is 5.71. The van der Waals surface area contributed by atoms with E-state index in [1.165, 1.54) is 5.56 Å². The molecule has 4 aromatic rings. The van der Waals surface area contributed by atoms with Gasteiger partial charge in [0, 0.05) is 31.1 Å². The molecule has 0 N–H and O–H groups in total. The highest BCUT2D eigenvalue weighted by Crippen LogP contribution is 2.22. The van der Waals surface area contributed by atoms with Crippen molar-refractivity contribution in [3.05, 3.63) is 59.5 Å². The summed E-state index contributed by atoms with van der Waals surface area (Å²) >= 11 is 0. The number of amides is 1. The van der Waals surface area contributed by atoms with E-state index in [0.717, 1.165) is 48.1 Å². The van der Waals surface area contributed by atoms with Crippen LogP contribution in [0.1, 0.15) is 36.3 Å². The molecule has 1 aliphatic rings. The molecule has 0 aliphatic carbocycles. The van der Waals surface area contributed by atoms with E-state index in [4.69, 9.17) is 4.52 Å². The third-order valence-corrected chi connectivity index (χ3v) is 5.71. The lowest BCUT2D eigenvalue weighted by atomic mass is 10.1. The number of hydrogen-bond acceptors (Lipinski definition) is 6. The Labute approximate surface area is 185 Å². The van der Waals surface area contributed by atoms with Crippen molar-refractivity contribution in [2.45, 2.75) is 32.7 Å². The van der Waals surface area contributed by atoms with Gasteiger partial charge in [-0.3, -0.25) is 4.79 Å². The van der Waals surface area contributed by atoms with Gasteiger partial charge in [-0.25, -0.2) is 4.68 Å². The summed E-state index contributed by atoms with van der Waals surface area (Å²) in [7, 11) is 0. The lowest BCUT2D eigenvalue weighted by Crippen LogP contribution is -2.28. The number of aromatic nitrogens is 5. The average molecular weight is 428 g/mol. The molecule has 0 radical (unpaired) electrons. The Morgan fingerprint density at radius 2 is 1.91 bits per heavy atom. The molecule has 5 rings (SSSR count). The zero-order valence-corrected chi connectivity index (χ0v) is 17.9. The molecule has 2 aromatic carbocycles. The molecule has 3 heterocycles. The average Bonchev–Trinajstić information content (AvgIpc) is 3.58. The van der Waals surface area contributed by atoms with Crippen molar-refractivity contribution in [3.8, 4) is 11.4 Å². The highest BCUT2D eigenvalue weighted by Gasteiger charge is 2.18. The first kappa shape index (κ1) is 20.1. The monoisotopic (exact) mass is 428 g/mol. The first-order chi connectivity index (χ1) is 15.7. The van der Waals surface area contributed by atoms with Crippen LogP contribution in [0.5, 0.6) is 0 Å². The van der Waals surface area contributed by atoms with Crippen LogP contribution in [0.3, 0.4) is 0 Å². The zero-order valence-electron chi connectivity index (χ0n) is 17.9. The van der Waals surface area contributed by atoms with Crippen molar-refractivity contribution in [1.29, 1.82) is 0 Å². The molecule has 0 bridgehead atoms. The maximum absolute atomic E-state index is 12.3. The predicted molar refractivity (Wildman–Crippen MR) is 121 cm³/mol. The number of carbonyl (C=O) groups excluding carboxylic acids is 1. The summed E-state index contributed by atoms with van der Waals surface area (Å²) in [5.41, 5.74) is 4.70. The minimum Gasteiger partial charge on any atom is -0.343 e. The van der Waals surface area contributed by atoms with Crippen LogP contribution >= 0.6 is 0 Å². The molecule has 1 saturated heterocycles. The van der Waals surface area contributed by atoms with Gasteiger partial charge in [-0.2, -0.15) is 4.98 Å². The topological polar surface area (TPSA) is 89.9 Å². The maximum Gasteiger partial charge on any atom is 0.250 e. The Bertz CT molecular complexity index is 1270. The molecule has 0 atom stereocenters. The lowest BCUT2D eigenvalue weighted by Gasteiger charge is -2.14. The maximum atomic E-state index is 12.3. The summed E-state index contributed by atoms with van der Waals surface area (Å²) in [5, 5.41) is 12.6. The minimum absolute atomic E-state index is 0.181. The van der Waals surface area contributed by atoms with Crippen LogP contribution in [-0.2, 0) is 11.3 Å². The van der Waals surface area contributed by atoms with Crippen molar-refractivity contribution in [2.75, 3.05) is 13.1 Å². The number of likely N-dealkylation sites (tertiary alicyclic amines) is 1. The van der Waals surface area contributed by atoms with Crippen LogP contribution in [-0.4, -0.2) is 49.0 Å². The van der Waals surface area contributed by atoms with Crippen molar-refractivity contribution in [2.24, 2.45) is 0 Å². The Morgan fingerprint density at radius 1 is 1.09 bits per heavy atom. The summed E-state index contributed by atoms with van der Waals surface area (Å²) in [6, 6.07) is 13.9. The molecule has 1 aliphatic heterocycles. The molecule has 1 fully saturated rings. The molecular weight excluding hydrogens is 404 g/mol. The van der Waals surface area contributed by atoms with Crippen molar-refractivity contribution < 1.29 is 9.32 Å². The molecule has 8 heteroatoms. The van der Waals surface area contributed by atoms with Crippen LogP contribution in [0.4, 0.5) is 0 Å². The van der Waals surface area contributed by atoms with Crippen LogP contribution in [0.25, 0.3) is 34.6 Å². The van der Waals surface area contributed by atoms with Crippen molar-refractivity contribution >= 4 is 29.1 Å². The van der Waals surface area contributed by atoms with Crippen molar-refractivity contribution in [3.63, 3.8) is 0 Å². The van der Waals surface area contributed by atoms with Crippen molar-refractivity contribution in [1.82, 2.24) is 30.0 Å². The highest BCUT2D eigenvalue weighted by atomic mass is 16.5. The van der Waals surface area contributed by atoms with Gasteiger partial charge in [-0.05, 0) is 49.6 Å². The largest absolute Gasteiger partial charge is 0.343 e. The second-order valence-electron chi connectivity index (χ2n) is 8.05. The first-order valence-corrected chi connectivity index (χ1v) is 10.9. The molecule has 1 amide bonds. The van der Waals surface area contributed by atoms with Crippen LogP contribution in [0, 0.1) is 6.92 Å². The molecule has 0 unspecified atom stereocenters. The standard InChI is InChI=1S/C24H24N6O2/c1-17-4-6-18(7-5-17)8-11-22-25-24(27-32-22)19-9-10-21-20(16-19)26-28-30(21)15-12-23(31)29-13-2-3-14-29/h4-11,16H,2-3,12-15H2,1H3. The summed E-state index contributed by atoms with van der Waals surface area (Å²) in [5.74, 6) is 1.11. The number of hydrogen-bond donors (Lipinski definition) is 0. The van der Waals surface area contributed by atoms with E-state index in [1.54, 1.807) is 10.8 Å². The van der Waals surface area contributed by atoms with Gasteiger partial charge in [0.1, 0.15) is 5.52 Å². The van der Waals surface area contributed by atoms with E-state index < -0.39 is 0 Å². The van der Waals surface area contributed by atoms with E-state index in [0.29, 0.717) is 24.7 Å². The molecular formula is C24H24N6O2. The fourth-order valence-electron chi connectivity index (χ4n) is 3.87. The summed E-state index contributed by atoms with van der Waals surface area (Å²) < 4.78 is 7.14. The van der Waals surface area contributed by atoms with Gasteiger partial charge in [0.15, 0.2) is 0 Å². The van der Waals surface area contributed by atoms with E-state index in [9.17, 15) is 4.79 Å². The van der Waals surface area contributed by atoms with Gasteiger partial charge in [0.05, 0.1) is 12.1 Å². The van der Waals surface area contributed by atoms with Gasteiger partial charge in [-0.15, -0.1) is 5.10 Å². The molecule has 162 valence electrons. The third kappa shape index (κ3) is 4.30. The Kier molecular flexibility index (Phi) is 5.49. The number of nitrogens with zero attached hydrogens (tertiary/aromatic N) is 6. The van der Waals surface area contributed by atoms with Gasteiger partial charge in [0.2, 0.25) is 11.7 Å². The number of fused-ring (bicyclic) bond motifs is 1. The Morgan fingerprint density at radius 3 is 2.72 bits per heavy atom. The SMILES string of the molecule is Cc1ccc(C=Cc2nc(-c3ccc4c(c3)nnn4CCC(=O)N3CCCC3)no2)cc1. The van der Waals surface area contributed by atoms with E-state index >= 15 is 0 Å². The van der Waals surface area contributed by atoms with E-state index in [-0.39, 0.29) is 5.91 Å². The Balaban J connectivity index is 1.28. The van der Waals surface area contributed by atoms with Crippen LogP contribution in [0.15, 0.2) is 47.0 Å². The smallest absolute Gasteiger partial charge is 0.250 e. The normalized spacial score (nSPS) is 14.1. The molecule has 32 heavy (non-hydrogen) atoms. The summed E-state index contributed by atoms with van der Waals surface area (Å²) in [4.78, 5) is 18.7. The molecule has 0 saturated carbocycles. The van der Waals surface area contributed by atoms with Crippen LogP contribution < -0.4 is 0 Å². The summed E-state index contributed by atoms with van der Waals surface area (Å²) in [6.07, 6.45) is 6.37. The fourth-order valence-corrected chi connectivity index (χ4v) is 3.87. The zero-order chi connectivity index (χ0) is 21.9. The second kappa shape index (κ2) is 8.74. The second-order valence-corrected chi connectivity index (χ2v) is 8.05.